The smallest absolute Gasteiger partial charge is 0.275 e. The van der Waals surface area contributed by atoms with Crippen molar-refractivity contribution in [2.24, 2.45) is 7.05 Å². The quantitative estimate of drug-likeness (QED) is 0.790. The van der Waals surface area contributed by atoms with Crippen molar-refractivity contribution in [2.45, 2.75) is 0 Å². The first-order valence-corrected chi connectivity index (χ1v) is 6.41. The fraction of sp³-hybridized carbons (Fsp3) is 0.0833. The van der Waals surface area contributed by atoms with E-state index in [9.17, 15) is 13.6 Å². The molecule has 102 valence electrons. The van der Waals surface area contributed by atoms with Crippen molar-refractivity contribution >= 4 is 32.6 Å². The fourth-order valence-corrected chi connectivity index (χ4v) is 2.67. The lowest BCUT2D eigenvalue weighted by atomic mass is 10.3. The molecule has 2 heterocycles. The number of nitrogens with zero attached hydrogens (tertiary/aromatic N) is 3. The van der Waals surface area contributed by atoms with Gasteiger partial charge in [0.15, 0.2) is 10.9 Å². The maximum atomic E-state index is 13.5. The van der Waals surface area contributed by atoms with Gasteiger partial charge in [0, 0.05) is 19.3 Å². The van der Waals surface area contributed by atoms with Crippen LogP contribution in [0.2, 0.25) is 0 Å². The molecule has 0 aliphatic rings. The molecule has 20 heavy (non-hydrogen) atoms. The highest BCUT2D eigenvalue weighted by molar-refractivity contribution is 7.22. The van der Waals surface area contributed by atoms with Gasteiger partial charge in [-0.25, -0.2) is 13.8 Å². The van der Waals surface area contributed by atoms with E-state index in [1.54, 1.807) is 13.1 Å². The summed E-state index contributed by atoms with van der Waals surface area (Å²) in [5.74, 6) is -1.84. The van der Waals surface area contributed by atoms with Crippen LogP contribution in [0.25, 0.3) is 10.2 Å². The Morgan fingerprint density at radius 2 is 2.20 bits per heavy atom. The summed E-state index contributed by atoms with van der Waals surface area (Å²) in [5, 5.41) is 6.62. The molecule has 0 spiro atoms. The summed E-state index contributed by atoms with van der Waals surface area (Å²) in [5.41, 5.74) is 0.382. The van der Waals surface area contributed by atoms with Gasteiger partial charge in [0.1, 0.15) is 17.0 Å². The molecule has 0 saturated carbocycles. The van der Waals surface area contributed by atoms with Gasteiger partial charge in [0.2, 0.25) is 0 Å². The molecule has 0 bridgehead atoms. The molecule has 0 unspecified atom stereocenters. The zero-order valence-corrected chi connectivity index (χ0v) is 11.0. The van der Waals surface area contributed by atoms with Gasteiger partial charge in [-0.1, -0.05) is 11.3 Å². The number of anilines is 1. The first-order chi connectivity index (χ1) is 9.54. The predicted molar refractivity (Wildman–Crippen MR) is 70.7 cm³/mol. The number of aryl methyl sites for hydroxylation is 1. The Morgan fingerprint density at radius 1 is 1.40 bits per heavy atom. The summed E-state index contributed by atoms with van der Waals surface area (Å²) in [6.45, 7) is 0. The molecule has 1 N–H and O–H groups in total. The summed E-state index contributed by atoms with van der Waals surface area (Å²) in [4.78, 5) is 15.9. The van der Waals surface area contributed by atoms with Crippen molar-refractivity contribution in [3.63, 3.8) is 0 Å². The number of aromatic nitrogens is 3. The topological polar surface area (TPSA) is 59.8 Å². The molecule has 0 saturated heterocycles. The molecular formula is C12H8F2N4OS. The van der Waals surface area contributed by atoms with E-state index in [0.29, 0.717) is 10.4 Å². The van der Waals surface area contributed by atoms with Crippen LogP contribution in [0, 0.1) is 11.6 Å². The number of hydrogen-bond acceptors (Lipinski definition) is 4. The van der Waals surface area contributed by atoms with Gasteiger partial charge in [0.05, 0.1) is 4.70 Å². The summed E-state index contributed by atoms with van der Waals surface area (Å²) in [7, 11) is 1.63. The van der Waals surface area contributed by atoms with Gasteiger partial charge in [-0.3, -0.25) is 14.8 Å². The summed E-state index contributed by atoms with van der Waals surface area (Å²) in [6.07, 6.45) is 1.49. The first kappa shape index (κ1) is 12.7. The van der Waals surface area contributed by atoms with Gasteiger partial charge in [-0.15, -0.1) is 0 Å². The molecule has 2 aromatic heterocycles. The lowest BCUT2D eigenvalue weighted by Crippen LogP contribution is -2.15. The van der Waals surface area contributed by atoms with Crippen molar-refractivity contribution < 1.29 is 13.6 Å². The van der Waals surface area contributed by atoms with Gasteiger partial charge in [-0.05, 0) is 12.1 Å². The summed E-state index contributed by atoms with van der Waals surface area (Å²) >= 11 is 1.00. The van der Waals surface area contributed by atoms with E-state index >= 15 is 0 Å². The van der Waals surface area contributed by atoms with Crippen LogP contribution in [0.15, 0.2) is 24.4 Å². The third-order valence-electron chi connectivity index (χ3n) is 2.69. The van der Waals surface area contributed by atoms with Gasteiger partial charge < -0.3 is 0 Å². The molecule has 5 nitrogen and oxygen atoms in total. The standard InChI is InChI=1S/C12H8F2N4OS/c1-18-8(2-3-15-18)11(19)17-12-16-10-7(14)4-6(13)5-9(10)20-12/h2-5H,1H3,(H,16,17,19). The second-order valence-corrected chi connectivity index (χ2v) is 5.08. The monoisotopic (exact) mass is 294 g/mol. The van der Waals surface area contributed by atoms with Crippen molar-refractivity contribution in [1.82, 2.24) is 14.8 Å². The highest BCUT2D eigenvalue weighted by atomic mass is 32.1. The zero-order chi connectivity index (χ0) is 14.3. The minimum Gasteiger partial charge on any atom is -0.296 e. The molecule has 0 aliphatic carbocycles. The van der Waals surface area contributed by atoms with Crippen molar-refractivity contribution in [1.29, 1.82) is 0 Å². The largest absolute Gasteiger partial charge is 0.296 e. The zero-order valence-electron chi connectivity index (χ0n) is 10.2. The Labute approximate surface area is 115 Å². The lowest BCUT2D eigenvalue weighted by molar-refractivity contribution is 0.101. The highest BCUT2D eigenvalue weighted by Crippen LogP contribution is 2.28. The van der Waals surface area contributed by atoms with Crippen LogP contribution < -0.4 is 5.32 Å². The molecule has 0 fully saturated rings. The Kier molecular flexibility index (Phi) is 2.94. The summed E-state index contributed by atoms with van der Waals surface area (Å²) in [6, 6.07) is 3.48. The number of carbonyl (C=O) groups excluding carboxylic acids is 1. The van der Waals surface area contributed by atoms with E-state index in [4.69, 9.17) is 0 Å². The number of nitrogens with one attached hydrogen (secondary N) is 1. The van der Waals surface area contributed by atoms with Crippen molar-refractivity contribution in [3.05, 3.63) is 41.7 Å². The molecule has 1 aromatic carbocycles. The molecule has 0 atom stereocenters. The fourth-order valence-electron chi connectivity index (χ4n) is 1.77. The molecule has 8 heteroatoms. The van der Waals surface area contributed by atoms with Crippen LogP contribution in [0.4, 0.5) is 13.9 Å². The van der Waals surface area contributed by atoms with Crippen LogP contribution >= 0.6 is 11.3 Å². The first-order valence-electron chi connectivity index (χ1n) is 5.59. The Morgan fingerprint density at radius 3 is 2.90 bits per heavy atom. The number of rotatable bonds is 2. The number of thiazole rings is 1. The second kappa shape index (κ2) is 4.64. The van der Waals surface area contributed by atoms with Crippen LogP contribution in [0.5, 0.6) is 0 Å². The number of halogens is 2. The third-order valence-corrected chi connectivity index (χ3v) is 3.61. The average molecular weight is 294 g/mol. The molecular weight excluding hydrogens is 286 g/mol. The van der Waals surface area contributed by atoms with Gasteiger partial charge in [-0.2, -0.15) is 5.10 Å². The SMILES string of the molecule is Cn1nccc1C(=O)Nc1nc2c(F)cc(F)cc2s1. The maximum absolute atomic E-state index is 13.5. The molecule has 3 rings (SSSR count). The second-order valence-electron chi connectivity index (χ2n) is 4.05. The van der Waals surface area contributed by atoms with E-state index < -0.39 is 17.5 Å². The van der Waals surface area contributed by atoms with E-state index in [-0.39, 0.29) is 10.6 Å². The Bertz CT molecular complexity index is 811. The highest BCUT2D eigenvalue weighted by Gasteiger charge is 2.15. The van der Waals surface area contributed by atoms with E-state index in [1.165, 1.54) is 16.9 Å². The third kappa shape index (κ3) is 2.14. The van der Waals surface area contributed by atoms with E-state index in [2.05, 4.69) is 15.4 Å². The maximum Gasteiger partial charge on any atom is 0.275 e. The van der Waals surface area contributed by atoms with Gasteiger partial charge in [0.25, 0.3) is 5.91 Å². The minimum atomic E-state index is -0.753. The lowest BCUT2D eigenvalue weighted by Gasteiger charge is -2.00. The number of amides is 1. The Hall–Kier alpha value is -2.35. The van der Waals surface area contributed by atoms with Crippen LogP contribution in [-0.4, -0.2) is 20.7 Å². The average Bonchev–Trinajstić information content (AvgIpc) is 2.95. The van der Waals surface area contributed by atoms with E-state index in [0.717, 1.165) is 17.4 Å². The number of hydrogen-bond donors (Lipinski definition) is 1. The number of fused-ring (bicyclic) bond motifs is 1. The van der Waals surface area contributed by atoms with Crippen LogP contribution in [-0.2, 0) is 7.05 Å². The molecule has 1 amide bonds. The Balaban J connectivity index is 1.94. The normalized spacial score (nSPS) is 10.9. The van der Waals surface area contributed by atoms with Gasteiger partial charge >= 0.3 is 0 Å². The van der Waals surface area contributed by atoms with Crippen LogP contribution in [0.3, 0.4) is 0 Å². The van der Waals surface area contributed by atoms with Crippen LogP contribution in [0.1, 0.15) is 10.5 Å². The van der Waals surface area contributed by atoms with Crippen molar-refractivity contribution in [2.75, 3.05) is 5.32 Å². The number of carbonyl (C=O) groups is 1. The van der Waals surface area contributed by atoms with Crippen molar-refractivity contribution in [3.8, 4) is 0 Å². The summed E-state index contributed by atoms with van der Waals surface area (Å²) < 4.78 is 28.3. The predicted octanol–water partition coefficient (Wildman–Crippen LogP) is 2.56. The molecule has 0 aliphatic heterocycles. The number of benzene rings is 1. The van der Waals surface area contributed by atoms with E-state index in [1.807, 2.05) is 0 Å². The molecule has 0 radical (unpaired) electrons. The molecule has 3 aromatic rings. The minimum absolute atomic E-state index is 0.0386.